The Kier molecular flexibility index (Phi) is 1.64. The van der Waals surface area contributed by atoms with Crippen molar-refractivity contribution in [2.45, 2.75) is 18.3 Å². The molecule has 0 bridgehead atoms. The summed E-state index contributed by atoms with van der Waals surface area (Å²) in [6, 6.07) is 3.10. The Morgan fingerprint density at radius 2 is 2.06 bits per heavy atom. The van der Waals surface area contributed by atoms with Crippen molar-refractivity contribution >= 4 is 5.97 Å². The quantitative estimate of drug-likeness (QED) is 0.787. The van der Waals surface area contributed by atoms with Crippen molar-refractivity contribution in [1.82, 2.24) is 0 Å². The monoisotopic (exact) mass is 222 g/mol. The van der Waals surface area contributed by atoms with Crippen LogP contribution in [0.5, 0.6) is 17.2 Å². The molecular formula is C11H10O5. The van der Waals surface area contributed by atoms with Gasteiger partial charge in [0.15, 0.2) is 11.5 Å². The number of fused-ring (bicyclic) bond motifs is 1. The van der Waals surface area contributed by atoms with Crippen LogP contribution >= 0.6 is 0 Å². The second kappa shape index (κ2) is 2.81. The van der Waals surface area contributed by atoms with E-state index in [0.29, 0.717) is 29.9 Å². The highest BCUT2D eigenvalue weighted by atomic mass is 16.7. The lowest BCUT2D eigenvalue weighted by Gasteiger charge is -2.11. The molecule has 1 aliphatic carbocycles. The van der Waals surface area contributed by atoms with Crippen LogP contribution in [-0.2, 0) is 10.2 Å². The van der Waals surface area contributed by atoms with Gasteiger partial charge in [-0.05, 0) is 30.5 Å². The lowest BCUT2D eigenvalue weighted by Crippen LogP contribution is -2.19. The third-order valence-corrected chi connectivity index (χ3v) is 3.16. The molecule has 1 fully saturated rings. The van der Waals surface area contributed by atoms with Crippen LogP contribution in [-0.4, -0.2) is 23.0 Å². The summed E-state index contributed by atoms with van der Waals surface area (Å²) >= 11 is 0. The van der Waals surface area contributed by atoms with E-state index in [1.165, 1.54) is 6.07 Å². The minimum absolute atomic E-state index is 0.0578. The van der Waals surface area contributed by atoms with Crippen molar-refractivity contribution in [2.75, 3.05) is 6.79 Å². The Balaban J connectivity index is 2.10. The van der Waals surface area contributed by atoms with Gasteiger partial charge in [-0.25, -0.2) is 0 Å². The standard InChI is InChI=1S/C11H10O5/c12-7-3-6(11(1-2-11)10(13)14)4-8-9(7)16-5-15-8/h3-4,12H,1-2,5H2,(H,13,14). The van der Waals surface area contributed by atoms with Gasteiger partial charge in [-0.2, -0.15) is 0 Å². The van der Waals surface area contributed by atoms with Crippen LogP contribution in [0.2, 0.25) is 0 Å². The summed E-state index contributed by atoms with van der Waals surface area (Å²) in [5.74, 6) is -0.198. The van der Waals surface area contributed by atoms with E-state index in [9.17, 15) is 9.90 Å². The first kappa shape index (κ1) is 9.33. The number of hydrogen-bond acceptors (Lipinski definition) is 4. The van der Waals surface area contributed by atoms with E-state index < -0.39 is 11.4 Å². The first-order valence-electron chi connectivity index (χ1n) is 5.00. The number of aromatic hydroxyl groups is 1. The molecule has 0 atom stereocenters. The first-order chi connectivity index (χ1) is 7.63. The van der Waals surface area contributed by atoms with Gasteiger partial charge in [0.05, 0.1) is 5.41 Å². The lowest BCUT2D eigenvalue weighted by atomic mass is 9.95. The van der Waals surface area contributed by atoms with Crippen LogP contribution in [0.25, 0.3) is 0 Å². The van der Waals surface area contributed by atoms with Crippen LogP contribution in [0.4, 0.5) is 0 Å². The Hall–Kier alpha value is -1.91. The summed E-state index contributed by atoms with van der Waals surface area (Å²) in [6.07, 6.45) is 1.20. The number of phenolic OH excluding ortho intramolecular Hbond substituents is 1. The van der Waals surface area contributed by atoms with Gasteiger partial charge in [0, 0.05) is 0 Å². The molecule has 5 heteroatoms. The molecule has 1 saturated carbocycles. The van der Waals surface area contributed by atoms with Gasteiger partial charge in [0.1, 0.15) is 0 Å². The molecule has 1 heterocycles. The zero-order valence-corrected chi connectivity index (χ0v) is 8.40. The minimum Gasteiger partial charge on any atom is -0.504 e. The summed E-state index contributed by atoms with van der Waals surface area (Å²) in [5, 5.41) is 18.8. The largest absolute Gasteiger partial charge is 0.504 e. The second-order valence-corrected chi connectivity index (χ2v) is 4.12. The molecule has 0 spiro atoms. The molecule has 2 N–H and O–H groups in total. The van der Waals surface area contributed by atoms with Gasteiger partial charge in [-0.15, -0.1) is 0 Å². The Bertz CT molecular complexity index is 476. The third-order valence-electron chi connectivity index (χ3n) is 3.16. The zero-order chi connectivity index (χ0) is 11.3. The number of carboxylic acid groups (broad SMARTS) is 1. The fraction of sp³-hybridized carbons (Fsp3) is 0.364. The van der Waals surface area contributed by atoms with E-state index in [2.05, 4.69) is 0 Å². The van der Waals surface area contributed by atoms with Crippen LogP contribution < -0.4 is 9.47 Å². The van der Waals surface area contributed by atoms with Gasteiger partial charge in [-0.1, -0.05) is 0 Å². The topological polar surface area (TPSA) is 76.0 Å². The van der Waals surface area contributed by atoms with Crippen molar-refractivity contribution in [3.63, 3.8) is 0 Å². The van der Waals surface area contributed by atoms with E-state index in [-0.39, 0.29) is 12.5 Å². The van der Waals surface area contributed by atoms with Gasteiger partial charge >= 0.3 is 5.97 Å². The highest BCUT2D eigenvalue weighted by Gasteiger charge is 2.52. The smallest absolute Gasteiger partial charge is 0.314 e. The molecule has 0 radical (unpaired) electrons. The summed E-state index contributed by atoms with van der Waals surface area (Å²) < 4.78 is 10.2. The summed E-state index contributed by atoms with van der Waals surface area (Å²) in [6.45, 7) is 0.0619. The molecule has 0 aromatic heterocycles. The molecule has 5 nitrogen and oxygen atoms in total. The third kappa shape index (κ3) is 1.08. The number of benzene rings is 1. The normalized spacial score (nSPS) is 19.5. The summed E-state index contributed by atoms with van der Waals surface area (Å²) in [7, 11) is 0. The van der Waals surface area contributed by atoms with E-state index in [1.807, 2.05) is 0 Å². The maximum atomic E-state index is 11.1. The molecule has 2 aliphatic rings. The summed E-state index contributed by atoms with van der Waals surface area (Å²) in [5.41, 5.74) is -0.250. The van der Waals surface area contributed by atoms with Gasteiger partial charge < -0.3 is 19.7 Å². The maximum Gasteiger partial charge on any atom is 0.314 e. The van der Waals surface area contributed by atoms with Gasteiger partial charge in [0.25, 0.3) is 0 Å². The van der Waals surface area contributed by atoms with Crippen molar-refractivity contribution < 1.29 is 24.5 Å². The lowest BCUT2D eigenvalue weighted by molar-refractivity contribution is -0.140. The Morgan fingerprint density at radius 1 is 1.31 bits per heavy atom. The molecule has 3 rings (SSSR count). The molecule has 1 aromatic carbocycles. The van der Waals surface area contributed by atoms with E-state index in [4.69, 9.17) is 14.6 Å². The Morgan fingerprint density at radius 3 is 2.69 bits per heavy atom. The van der Waals surface area contributed by atoms with Crippen LogP contribution in [0.1, 0.15) is 18.4 Å². The molecule has 0 amide bonds. The molecular weight excluding hydrogens is 212 g/mol. The van der Waals surface area contributed by atoms with Gasteiger partial charge in [0.2, 0.25) is 12.5 Å². The zero-order valence-electron chi connectivity index (χ0n) is 8.40. The van der Waals surface area contributed by atoms with Crippen molar-refractivity contribution in [3.05, 3.63) is 17.7 Å². The second-order valence-electron chi connectivity index (χ2n) is 4.12. The number of carbonyl (C=O) groups is 1. The SMILES string of the molecule is O=C(O)C1(c2cc(O)c3c(c2)OCO3)CC1. The number of rotatable bonds is 2. The molecule has 84 valence electrons. The van der Waals surface area contributed by atoms with E-state index in [0.717, 1.165) is 0 Å². The minimum atomic E-state index is -0.856. The van der Waals surface area contributed by atoms with Crippen molar-refractivity contribution in [1.29, 1.82) is 0 Å². The first-order valence-corrected chi connectivity index (χ1v) is 5.00. The van der Waals surface area contributed by atoms with Crippen molar-refractivity contribution in [2.24, 2.45) is 0 Å². The van der Waals surface area contributed by atoms with Crippen LogP contribution in [0, 0.1) is 0 Å². The highest BCUT2D eigenvalue weighted by Crippen LogP contribution is 2.52. The van der Waals surface area contributed by atoms with Crippen LogP contribution in [0.3, 0.4) is 0 Å². The number of hydrogen-bond donors (Lipinski definition) is 2. The molecule has 0 saturated heterocycles. The van der Waals surface area contributed by atoms with Crippen molar-refractivity contribution in [3.8, 4) is 17.2 Å². The number of ether oxygens (including phenoxy) is 2. The predicted molar refractivity (Wildman–Crippen MR) is 52.8 cm³/mol. The molecule has 1 aromatic rings. The van der Waals surface area contributed by atoms with E-state index >= 15 is 0 Å². The average molecular weight is 222 g/mol. The Labute approximate surface area is 91.2 Å². The average Bonchev–Trinajstić information content (AvgIpc) is 2.92. The van der Waals surface area contributed by atoms with Crippen LogP contribution in [0.15, 0.2) is 12.1 Å². The number of aliphatic carboxylic acids is 1. The fourth-order valence-electron chi connectivity index (χ4n) is 2.02. The van der Waals surface area contributed by atoms with Gasteiger partial charge in [-0.3, -0.25) is 4.79 Å². The molecule has 16 heavy (non-hydrogen) atoms. The predicted octanol–water partition coefficient (Wildman–Crippen LogP) is 1.24. The maximum absolute atomic E-state index is 11.1. The highest BCUT2D eigenvalue weighted by molar-refractivity contribution is 5.85. The molecule has 1 aliphatic heterocycles. The number of phenols is 1. The van der Waals surface area contributed by atoms with E-state index in [1.54, 1.807) is 6.07 Å². The molecule has 0 unspecified atom stereocenters. The fourth-order valence-corrected chi connectivity index (χ4v) is 2.02. The summed E-state index contributed by atoms with van der Waals surface area (Å²) in [4.78, 5) is 11.1. The number of carboxylic acids is 1.